The van der Waals surface area contributed by atoms with E-state index >= 15 is 0 Å². The van der Waals surface area contributed by atoms with E-state index in [1.807, 2.05) is 20.8 Å². The van der Waals surface area contributed by atoms with Crippen molar-refractivity contribution in [3.63, 3.8) is 0 Å². The van der Waals surface area contributed by atoms with E-state index in [1.165, 1.54) is 19.1 Å². The maximum Gasteiger partial charge on any atom is 0.410 e. The monoisotopic (exact) mass is 303 g/mol. The Balaban J connectivity index is 5.15. The lowest BCUT2D eigenvalue weighted by Crippen LogP contribution is -2.52. The van der Waals surface area contributed by atoms with Gasteiger partial charge in [-0.25, -0.2) is 9.59 Å². The molecule has 0 aromatic carbocycles. The van der Waals surface area contributed by atoms with Crippen molar-refractivity contribution in [3.8, 4) is 0 Å². The molecule has 6 heteroatoms. The van der Waals surface area contributed by atoms with Gasteiger partial charge in [-0.2, -0.15) is 0 Å². The average Bonchev–Trinajstić information content (AvgIpc) is 2.23. The molecule has 0 rings (SSSR count). The maximum atomic E-state index is 12.1. The van der Waals surface area contributed by atoms with Crippen LogP contribution in [-0.4, -0.2) is 54.5 Å². The zero-order valence-electron chi connectivity index (χ0n) is 14.6. The number of likely N-dealkylation sites (N-methyl/N-ethyl adjacent to an activating group) is 1. The molecule has 0 saturated heterocycles. The minimum absolute atomic E-state index is 0.444. The largest absolute Gasteiger partial charge is 0.467 e. The molecule has 1 amide bonds. The molecule has 0 radical (unpaired) electrons. The number of hydrogen-bond acceptors (Lipinski definition) is 5. The average molecular weight is 303 g/mol. The van der Waals surface area contributed by atoms with E-state index in [0.717, 1.165) is 0 Å². The van der Waals surface area contributed by atoms with Gasteiger partial charge in [0.25, 0.3) is 0 Å². The van der Waals surface area contributed by atoms with Crippen LogP contribution >= 0.6 is 0 Å². The first-order valence-corrected chi connectivity index (χ1v) is 7.00. The predicted octanol–water partition coefficient (Wildman–Crippen LogP) is 2.60. The molecule has 0 saturated carbocycles. The molecule has 0 N–H and O–H groups in total. The lowest BCUT2D eigenvalue weighted by molar-refractivity contribution is -0.157. The third kappa shape index (κ3) is 7.32. The molecule has 6 nitrogen and oxygen atoms in total. The van der Waals surface area contributed by atoms with Gasteiger partial charge in [-0.1, -0.05) is 0 Å². The van der Waals surface area contributed by atoms with Gasteiger partial charge in [-0.15, -0.1) is 0 Å². The standard InChI is InChI=1S/C15H29NO5/c1-10(20-14(2,3)4)11(12(17)19-9)16(8)13(18)21-15(5,6)7/h10-11H,1-9H3. The van der Waals surface area contributed by atoms with Crippen molar-refractivity contribution < 1.29 is 23.8 Å². The highest BCUT2D eigenvalue weighted by Gasteiger charge is 2.37. The van der Waals surface area contributed by atoms with Gasteiger partial charge in [-0.3, -0.25) is 4.90 Å². The molecule has 0 bridgehead atoms. The van der Waals surface area contributed by atoms with Gasteiger partial charge < -0.3 is 14.2 Å². The summed E-state index contributed by atoms with van der Waals surface area (Å²) >= 11 is 0. The molecular formula is C15H29NO5. The van der Waals surface area contributed by atoms with Gasteiger partial charge in [0.1, 0.15) is 5.60 Å². The number of carbonyl (C=O) groups excluding carboxylic acids is 2. The first-order chi connectivity index (χ1) is 9.28. The summed E-state index contributed by atoms with van der Waals surface area (Å²) in [6, 6.07) is -0.871. The molecule has 0 aliphatic rings. The number of methoxy groups -OCH3 is 1. The third-order valence-electron chi connectivity index (χ3n) is 2.53. The summed E-state index contributed by atoms with van der Waals surface area (Å²) in [5.41, 5.74) is -1.08. The molecule has 2 unspecified atom stereocenters. The lowest BCUT2D eigenvalue weighted by Gasteiger charge is -2.35. The molecule has 0 aliphatic heterocycles. The second-order valence-electron chi connectivity index (χ2n) is 6.99. The summed E-state index contributed by atoms with van der Waals surface area (Å²) in [6.07, 6.45) is -1.13. The summed E-state index contributed by atoms with van der Waals surface area (Å²) in [6.45, 7) is 12.7. The number of rotatable bonds is 4. The topological polar surface area (TPSA) is 65.1 Å². The Hall–Kier alpha value is -1.30. The number of hydrogen-bond donors (Lipinski definition) is 0. The van der Waals surface area contributed by atoms with E-state index in [4.69, 9.17) is 14.2 Å². The van der Waals surface area contributed by atoms with Crippen molar-refractivity contribution in [3.05, 3.63) is 0 Å². The number of ether oxygens (including phenoxy) is 3. The van der Waals surface area contributed by atoms with Crippen LogP contribution in [0.5, 0.6) is 0 Å². The number of nitrogens with zero attached hydrogens (tertiary/aromatic N) is 1. The van der Waals surface area contributed by atoms with Crippen LogP contribution < -0.4 is 0 Å². The lowest BCUT2D eigenvalue weighted by atomic mass is 10.1. The fraction of sp³-hybridized carbons (Fsp3) is 0.867. The Labute approximate surface area is 127 Å². The van der Waals surface area contributed by atoms with Crippen molar-refractivity contribution >= 4 is 12.1 Å². The summed E-state index contributed by atoms with van der Waals surface area (Å²) in [5.74, 6) is -0.542. The van der Waals surface area contributed by atoms with Gasteiger partial charge in [0, 0.05) is 7.05 Å². The maximum absolute atomic E-state index is 12.1. The second-order valence-corrected chi connectivity index (χ2v) is 6.99. The first-order valence-electron chi connectivity index (χ1n) is 7.00. The third-order valence-corrected chi connectivity index (χ3v) is 2.53. The molecule has 2 atom stereocenters. The van der Waals surface area contributed by atoms with Crippen LogP contribution in [0.3, 0.4) is 0 Å². The van der Waals surface area contributed by atoms with Crippen LogP contribution in [0, 0.1) is 0 Å². The quantitative estimate of drug-likeness (QED) is 0.747. The highest BCUT2D eigenvalue weighted by atomic mass is 16.6. The highest BCUT2D eigenvalue weighted by Crippen LogP contribution is 2.19. The highest BCUT2D eigenvalue weighted by molar-refractivity contribution is 5.82. The molecule has 0 aromatic heterocycles. The van der Waals surface area contributed by atoms with E-state index in [1.54, 1.807) is 27.7 Å². The van der Waals surface area contributed by atoms with Gasteiger partial charge >= 0.3 is 12.1 Å². The van der Waals surface area contributed by atoms with Crippen molar-refractivity contribution in [2.45, 2.75) is 71.8 Å². The second kappa shape index (κ2) is 7.11. The fourth-order valence-electron chi connectivity index (χ4n) is 1.86. The van der Waals surface area contributed by atoms with E-state index in [9.17, 15) is 9.59 Å². The van der Waals surface area contributed by atoms with Crippen LogP contribution in [0.4, 0.5) is 4.79 Å². The van der Waals surface area contributed by atoms with Crippen LogP contribution in [-0.2, 0) is 19.0 Å². The molecule has 0 fully saturated rings. The first kappa shape index (κ1) is 19.7. The molecule has 0 aromatic rings. The van der Waals surface area contributed by atoms with Gasteiger partial charge in [0.15, 0.2) is 6.04 Å². The minimum atomic E-state index is -0.871. The Kier molecular flexibility index (Phi) is 6.67. The summed E-state index contributed by atoms with van der Waals surface area (Å²) in [7, 11) is 2.78. The molecular weight excluding hydrogens is 274 g/mol. The molecule has 21 heavy (non-hydrogen) atoms. The van der Waals surface area contributed by atoms with E-state index < -0.39 is 35.4 Å². The van der Waals surface area contributed by atoms with E-state index in [-0.39, 0.29) is 0 Å². The van der Waals surface area contributed by atoms with E-state index in [0.29, 0.717) is 0 Å². The van der Waals surface area contributed by atoms with Crippen molar-refractivity contribution in [1.82, 2.24) is 4.90 Å². The summed E-state index contributed by atoms with van der Waals surface area (Å²) in [5, 5.41) is 0. The smallest absolute Gasteiger partial charge is 0.410 e. The molecule has 124 valence electrons. The van der Waals surface area contributed by atoms with Gasteiger partial charge in [0.05, 0.1) is 18.8 Å². The van der Waals surface area contributed by atoms with Crippen LogP contribution in [0.2, 0.25) is 0 Å². The fourth-order valence-corrected chi connectivity index (χ4v) is 1.86. The Bertz CT molecular complexity index is 367. The molecule has 0 heterocycles. The number of amides is 1. The SMILES string of the molecule is COC(=O)C(C(C)OC(C)(C)C)N(C)C(=O)OC(C)(C)C. The number of esters is 1. The van der Waals surface area contributed by atoms with Crippen LogP contribution in [0.25, 0.3) is 0 Å². The Morgan fingerprint density at radius 1 is 1.00 bits per heavy atom. The Morgan fingerprint density at radius 3 is 1.81 bits per heavy atom. The normalized spacial score (nSPS) is 15.1. The zero-order chi connectivity index (χ0) is 17.0. The predicted molar refractivity (Wildman–Crippen MR) is 80.1 cm³/mol. The molecule has 0 spiro atoms. The zero-order valence-corrected chi connectivity index (χ0v) is 14.6. The number of carbonyl (C=O) groups is 2. The van der Waals surface area contributed by atoms with Gasteiger partial charge in [-0.05, 0) is 48.5 Å². The van der Waals surface area contributed by atoms with Gasteiger partial charge in [0.2, 0.25) is 0 Å². The van der Waals surface area contributed by atoms with E-state index in [2.05, 4.69) is 0 Å². The van der Waals surface area contributed by atoms with Crippen LogP contribution in [0.15, 0.2) is 0 Å². The van der Waals surface area contributed by atoms with Crippen LogP contribution in [0.1, 0.15) is 48.5 Å². The molecule has 0 aliphatic carbocycles. The van der Waals surface area contributed by atoms with Crippen molar-refractivity contribution in [1.29, 1.82) is 0 Å². The van der Waals surface area contributed by atoms with Crippen molar-refractivity contribution in [2.24, 2.45) is 0 Å². The Morgan fingerprint density at radius 2 is 1.48 bits per heavy atom. The van der Waals surface area contributed by atoms with Crippen molar-refractivity contribution in [2.75, 3.05) is 14.2 Å². The summed E-state index contributed by atoms with van der Waals surface area (Å²) < 4.78 is 15.8. The minimum Gasteiger partial charge on any atom is -0.467 e. The summed E-state index contributed by atoms with van der Waals surface area (Å²) in [4.78, 5) is 25.3.